The maximum atomic E-state index is 12.1. The molecule has 1 atom stereocenters. The topological polar surface area (TPSA) is 51.2 Å². The second-order valence-corrected chi connectivity index (χ2v) is 6.01. The van der Waals surface area contributed by atoms with Crippen LogP contribution in [-0.4, -0.2) is 30.1 Å². The molecule has 0 saturated carbocycles. The fourth-order valence-corrected chi connectivity index (χ4v) is 3.24. The van der Waals surface area contributed by atoms with E-state index in [0.29, 0.717) is 18.1 Å². The Bertz CT molecular complexity index is 621. The lowest BCUT2D eigenvalue weighted by Crippen LogP contribution is -2.34. The molecule has 1 N–H and O–H groups in total. The molecule has 1 unspecified atom stereocenters. The van der Waals surface area contributed by atoms with Crippen LogP contribution < -0.4 is 5.32 Å². The van der Waals surface area contributed by atoms with E-state index >= 15 is 0 Å². The maximum absolute atomic E-state index is 12.1. The van der Waals surface area contributed by atoms with Gasteiger partial charge in [0.2, 0.25) is 0 Å². The number of nitrogens with zero attached hydrogens (tertiary/aromatic N) is 1. The third kappa shape index (κ3) is 3.43. The number of nitrogens with one attached hydrogen (secondary N) is 1. The van der Waals surface area contributed by atoms with Crippen molar-refractivity contribution >= 4 is 28.8 Å². The summed E-state index contributed by atoms with van der Waals surface area (Å²) >= 11 is 7.31. The Morgan fingerprint density at radius 3 is 2.86 bits per heavy atom. The molecular formula is C15H15ClN2O2S. The minimum absolute atomic E-state index is 0.0577. The van der Waals surface area contributed by atoms with Crippen molar-refractivity contribution in [1.82, 2.24) is 10.3 Å². The Morgan fingerprint density at radius 1 is 1.43 bits per heavy atom. The van der Waals surface area contributed by atoms with Crippen molar-refractivity contribution in [1.29, 1.82) is 0 Å². The van der Waals surface area contributed by atoms with Crippen LogP contribution in [0.4, 0.5) is 0 Å². The van der Waals surface area contributed by atoms with Crippen LogP contribution in [0.2, 0.25) is 0 Å². The van der Waals surface area contributed by atoms with Gasteiger partial charge in [-0.05, 0) is 18.6 Å². The van der Waals surface area contributed by atoms with E-state index in [1.807, 2.05) is 29.6 Å². The van der Waals surface area contributed by atoms with Gasteiger partial charge in [-0.15, -0.1) is 22.9 Å². The number of aromatic nitrogens is 1. The minimum atomic E-state index is -0.0577. The van der Waals surface area contributed by atoms with Gasteiger partial charge in [0.05, 0.1) is 24.2 Å². The van der Waals surface area contributed by atoms with Crippen molar-refractivity contribution in [2.75, 3.05) is 13.2 Å². The molecule has 0 aliphatic carbocycles. The van der Waals surface area contributed by atoms with Gasteiger partial charge in [0.1, 0.15) is 5.01 Å². The molecule has 1 aliphatic rings. The molecule has 110 valence electrons. The SMILES string of the molecule is O=C(NC1CCOC1)c1ccc(-c2nc(CCl)cs2)cc1. The molecule has 0 radical (unpaired) electrons. The van der Waals surface area contributed by atoms with Crippen LogP contribution >= 0.6 is 22.9 Å². The zero-order chi connectivity index (χ0) is 14.7. The summed E-state index contributed by atoms with van der Waals surface area (Å²) in [6.45, 7) is 1.32. The number of amides is 1. The van der Waals surface area contributed by atoms with Gasteiger partial charge in [0.25, 0.3) is 5.91 Å². The molecule has 4 nitrogen and oxygen atoms in total. The predicted molar refractivity (Wildman–Crippen MR) is 83.8 cm³/mol. The molecule has 1 aliphatic heterocycles. The lowest BCUT2D eigenvalue weighted by Gasteiger charge is -2.10. The zero-order valence-electron chi connectivity index (χ0n) is 11.3. The van der Waals surface area contributed by atoms with Crippen LogP contribution in [-0.2, 0) is 10.6 Å². The summed E-state index contributed by atoms with van der Waals surface area (Å²) in [5, 5.41) is 5.84. The Hall–Kier alpha value is -1.43. The molecule has 0 bridgehead atoms. The summed E-state index contributed by atoms with van der Waals surface area (Å²) in [6.07, 6.45) is 0.879. The summed E-state index contributed by atoms with van der Waals surface area (Å²) < 4.78 is 5.25. The number of benzene rings is 1. The van der Waals surface area contributed by atoms with Gasteiger partial charge in [-0.1, -0.05) is 12.1 Å². The third-order valence-corrected chi connectivity index (χ3v) is 4.56. The number of alkyl halides is 1. The van der Waals surface area contributed by atoms with Crippen LogP contribution in [0.25, 0.3) is 10.6 Å². The van der Waals surface area contributed by atoms with Crippen LogP contribution in [0.15, 0.2) is 29.6 Å². The highest BCUT2D eigenvalue weighted by Crippen LogP contribution is 2.24. The van der Waals surface area contributed by atoms with E-state index in [1.165, 1.54) is 0 Å². The second-order valence-electron chi connectivity index (χ2n) is 4.89. The van der Waals surface area contributed by atoms with Crippen LogP contribution in [0.5, 0.6) is 0 Å². The lowest BCUT2D eigenvalue weighted by atomic mass is 10.1. The van der Waals surface area contributed by atoms with Gasteiger partial charge in [-0.25, -0.2) is 4.98 Å². The van der Waals surface area contributed by atoms with E-state index in [-0.39, 0.29) is 11.9 Å². The first kappa shape index (κ1) is 14.5. The standard InChI is InChI=1S/C15H15ClN2O2S/c16-7-13-9-21-15(18-13)11-3-1-10(2-4-11)14(19)17-12-5-6-20-8-12/h1-4,9,12H,5-8H2,(H,17,19). The third-order valence-electron chi connectivity index (χ3n) is 3.35. The largest absolute Gasteiger partial charge is 0.379 e. The quantitative estimate of drug-likeness (QED) is 0.880. The van der Waals surface area contributed by atoms with Crippen molar-refractivity contribution in [3.8, 4) is 10.6 Å². The first-order valence-corrected chi connectivity index (χ1v) is 8.17. The smallest absolute Gasteiger partial charge is 0.251 e. The van der Waals surface area contributed by atoms with E-state index in [2.05, 4.69) is 10.3 Å². The summed E-state index contributed by atoms with van der Waals surface area (Å²) in [5.41, 5.74) is 2.52. The highest BCUT2D eigenvalue weighted by atomic mass is 35.5. The Kier molecular flexibility index (Phi) is 4.53. The van der Waals surface area contributed by atoms with Gasteiger partial charge < -0.3 is 10.1 Å². The number of hydrogen-bond acceptors (Lipinski definition) is 4. The number of halogens is 1. The van der Waals surface area contributed by atoms with Crippen LogP contribution in [0.3, 0.4) is 0 Å². The normalized spacial score (nSPS) is 17.9. The van der Waals surface area contributed by atoms with E-state index < -0.39 is 0 Å². The average molecular weight is 323 g/mol. The van der Waals surface area contributed by atoms with E-state index in [4.69, 9.17) is 16.3 Å². The Morgan fingerprint density at radius 2 is 2.24 bits per heavy atom. The summed E-state index contributed by atoms with van der Waals surface area (Å²) in [7, 11) is 0. The first-order chi connectivity index (χ1) is 10.3. The van der Waals surface area contributed by atoms with E-state index in [9.17, 15) is 4.79 Å². The Labute approximate surface area is 132 Å². The predicted octanol–water partition coefficient (Wildman–Crippen LogP) is 3.07. The molecule has 0 spiro atoms. The molecule has 6 heteroatoms. The number of rotatable bonds is 4. The summed E-state index contributed by atoms with van der Waals surface area (Å²) in [6, 6.07) is 7.60. The summed E-state index contributed by atoms with van der Waals surface area (Å²) in [4.78, 5) is 16.5. The number of carbonyl (C=O) groups excluding carboxylic acids is 1. The monoisotopic (exact) mass is 322 g/mol. The van der Waals surface area contributed by atoms with Crippen molar-refractivity contribution in [2.24, 2.45) is 0 Å². The van der Waals surface area contributed by atoms with Gasteiger partial charge in [-0.3, -0.25) is 4.79 Å². The Balaban J connectivity index is 1.69. The zero-order valence-corrected chi connectivity index (χ0v) is 12.9. The molecule has 1 aromatic carbocycles. The van der Waals surface area contributed by atoms with Gasteiger partial charge in [0, 0.05) is 23.1 Å². The molecular weight excluding hydrogens is 308 g/mol. The molecule has 2 aromatic rings. The second kappa shape index (κ2) is 6.56. The van der Waals surface area contributed by atoms with Gasteiger partial charge >= 0.3 is 0 Å². The first-order valence-electron chi connectivity index (χ1n) is 6.75. The summed E-state index contributed by atoms with van der Waals surface area (Å²) in [5.74, 6) is 0.359. The van der Waals surface area contributed by atoms with E-state index in [1.54, 1.807) is 11.3 Å². The molecule has 1 aromatic heterocycles. The number of ether oxygens (including phenoxy) is 1. The van der Waals surface area contributed by atoms with Crippen LogP contribution in [0.1, 0.15) is 22.5 Å². The number of hydrogen-bond donors (Lipinski definition) is 1. The number of thiazole rings is 1. The fraction of sp³-hybridized carbons (Fsp3) is 0.333. The molecule has 1 amide bonds. The molecule has 2 heterocycles. The highest BCUT2D eigenvalue weighted by molar-refractivity contribution is 7.13. The van der Waals surface area contributed by atoms with Crippen molar-refractivity contribution in [3.63, 3.8) is 0 Å². The molecule has 1 saturated heterocycles. The highest BCUT2D eigenvalue weighted by Gasteiger charge is 2.18. The number of carbonyl (C=O) groups is 1. The lowest BCUT2D eigenvalue weighted by molar-refractivity contribution is 0.0930. The minimum Gasteiger partial charge on any atom is -0.379 e. The van der Waals surface area contributed by atoms with Crippen molar-refractivity contribution < 1.29 is 9.53 Å². The van der Waals surface area contributed by atoms with Crippen molar-refractivity contribution in [2.45, 2.75) is 18.3 Å². The average Bonchev–Trinajstić information content (AvgIpc) is 3.18. The molecule has 21 heavy (non-hydrogen) atoms. The maximum Gasteiger partial charge on any atom is 0.251 e. The van der Waals surface area contributed by atoms with Gasteiger partial charge in [-0.2, -0.15) is 0 Å². The van der Waals surface area contributed by atoms with Crippen molar-refractivity contribution in [3.05, 3.63) is 40.9 Å². The van der Waals surface area contributed by atoms with Gasteiger partial charge in [0.15, 0.2) is 0 Å². The van der Waals surface area contributed by atoms with E-state index in [0.717, 1.165) is 29.3 Å². The van der Waals surface area contributed by atoms with Crippen LogP contribution in [0, 0.1) is 0 Å². The molecule has 3 rings (SSSR count). The fourth-order valence-electron chi connectivity index (χ4n) is 2.18. The molecule has 1 fully saturated rings.